The van der Waals surface area contributed by atoms with Crippen LogP contribution in [0.4, 0.5) is 0 Å². The lowest BCUT2D eigenvalue weighted by Crippen LogP contribution is -2.40. The van der Waals surface area contributed by atoms with Gasteiger partial charge in [0, 0.05) is 10.5 Å². The van der Waals surface area contributed by atoms with Crippen molar-refractivity contribution in [2.45, 2.75) is 31.4 Å². The van der Waals surface area contributed by atoms with Crippen molar-refractivity contribution in [3.05, 3.63) is 151 Å². The fourth-order valence-corrected chi connectivity index (χ4v) is 9.14. The summed E-state index contributed by atoms with van der Waals surface area (Å²) >= 11 is 7.39. The molecule has 0 bridgehead atoms. The lowest BCUT2D eigenvalue weighted by Gasteiger charge is -2.26. The van der Waals surface area contributed by atoms with Gasteiger partial charge in [0.2, 0.25) is 0 Å². The van der Waals surface area contributed by atoms with Crippen molar-refractivity contribution >= 4 is 92.0 Å². The predicted octanol–water partition coefficient (Wildman–Crippen LogP) is 7.62. The molecule has 51 heavy (non-hydrogen) atoms. The lowest BCUT2D eigenvalue weighted by atomic mass is 9.93. The number of rotatable bonds is 11. The summed E-state index contributed by atoms with van der Waals surface area (Å²) in [5.41, 5.74) is 4.34. The highest BCUT2D eigenvalue weighted by atomic mass is 127. The highest BCUT2D eigenvalue weighted by Crippen LogP contribution is 2.36. The third-order valence-corrected chi connectivity index (χ3v) is 11.3. The van der Waals surface area contributed by atoms with Crippen LogP contribution in [0.1, 0.15) is 52.5 Å². The van der Waals surface area contributed by atoms with Crippen LogP contribution in [0.25, 0.3) is 11.8 Å². The van der Waals surface area contributed by atoms with Gasteiger partial charge in [-0.25, -0.2) is 14.6 Å². The van der Waals surface area contributed by atoms with Crippen molar-refractivity contribution in [2.24, 2.45) is 4.99 Å². The van der Waals surface area contributed by atoms with E-state index in [4.69, 9.17) is 19.2 Å². The normalized spacial score (nSPS) is 14.1. The molecule has 4 aromatic carbocycles. The molecule has 0 saturated heterocycles. The summed E-state index contributed by atoms with van der Waals surface area (Å²) in [6.45, 7) is 4.37. The van der Waals surface area contributed by atoms with Gasteiger partial charge >= 0.3 is 11.9 Å². The third kappa shape index (κ3) is 8.18. The van der Waals surface area contributed by atoms with E-state index >= 15 is 0 Å². The standard InChI is InChI=1S/C39H32I2N2O6S2/c1-4-47-37(45)27-13-11-23(12-14-27)22-49-35-29(40)19-24(20-30(35)41)21-31-36(44)43-34(26-15-17-28(50-3)18-16-26)32(38(46)48-5-2)33(42-39(43)51-31)25-9-7-6-8-10-25/h6-21,34H,4-5,22H2,1-3H3/b31-21-/t34-/m0/s1. The number of fused-ring (bicyclic) bond motifs is 1. The van der Waals surface area contributed by atoms with Crippen LogP contribution >= 0.6 is 68.3 Å². The largest absolute Gasteiger partial charge is 0.487 e. The predicted molar refractivity (Wildman–Crippen MR) is 218 cm³/mol. The third-order valence-electron chi connectivity index (χ3n) is 7.97. The van der Waals surface area contributed by atoms with E-state index in [1.165, 1.54) is 11.3 Å². The number of thiazole rings is 1. The summed E-state index contributed by atoms with van der Waals surface area (Å²) in [6, 6.07) is 27.8. The zero-order chi connectivity index (χ0) is 36.1. The molecule has 1 aliphatic heterocycles. The molecular weight excluding hydrogens is 910 g/mol. The average molecular weight is 943 g/mol. The van der Waals surface area contributed by atoms with E-state index in [1.54, 1.807) is 42.3 Å². The summed E-state index contributed by atoms with van der Waals surface area (Å²) in [7, 11) is 0. The Morgan fingerprint density at radius 2 is 1.55 bits per heavy atom. The molecule has 0 N–H and O–H groups in total. The molecule has 5 aromatic rings. The molecule has 1 aliphatic rings. The Hall–Kier alpha value is -3.73. The number of aromatic nitrogens is 1. The number of ether oxygens (including phenoxy) is 3. The van der Waals surface area contributed by atoms with Crippen LogP contribution in [0.5, 0.6) is 5.75 Å². The molecule has 1 aromatic heterocycles. The maximum Gasteiger partial charge on any atom is 0.338 e. The number of carbonyl (C=O) groups is 2. The Balaban J connectivity index is 1.39. The second kappa shape index (κ2) is 16.7. The lowest BCUT2D eigenvalue weighted by molar-refractivity contribution is -0.138. The Labute approximate surface area is 330 Å². The summed E-state index contributed by atoms with van der Waals surface area (Å²) in [4.78, 5) is 46.6. The van der Waals surface area contributed by atoms with E-state index in [-0.39, 0.29) is 18.1 Å². The smallest absolute Gasteiger partial charge is 0.338 e. The van der Waals surface area contributed by atoms with E-state index in [1.807, 2.05) is 91.2 Å². The SMILES string of the molecule is CCOC(=O)C1=C(c2ccccc2)N=c2s/c(=C\c3cc(I)c(OCc4ccc(C(=O)OCC)cc4)c(I)c3)c(=O)n2[C@H]1c1ccc(SC)cc1. The molecular formula is C39H32I2N2O6S2. The van der Waals surface area contributed by atoms with Gasteiger partial charge in [-0.05, 0) is 124 Å². The maximum absolute atomic E-state index is 14.3. The summed E-state index contributed by atoms with van der Waals surface area (Å²) in [5.74, 6) is -0.138. The summed E-state index contributed by atoms with van der Waals surface area (Å²) in [6.07, 6.45) is 3.86. The summed E-state index contributed by atoms with van der Waals surface area (Å²) in [5, 5.41) is 0. The Kier molecular flexibility index (Phi) is 12.2. The molecule has 0 saturated carbocycles. The van der Waals surface area contributed by atoms with Gasteiger partial charge in [0.05, 0.1) is 47.8 Å². The van der Waals surface area contributed by atoms with Crippen molar-refractivity contribution in [1.82, 2.24) is 4.57 Å². The molecule has 260 valence electrons. The number of hydrogen-bond acceptors (Lipinski definition) is 9. The van der Waals surface area contributed by atoms with Crippen molar-refractivity contribution in [2.75, 3.05) is 19.5 Å². The van der Waals surface area contributed by atoms with Crippen LogP contribution < -0.4 is 19.6 Å². The maximum atomic E-state index is 14.3. The molecule has 0 amide bonds. The number of esters is 2. The van der Waals surface area contributed by atoms with E-state index in [0.29, 0.717) is 39.4 Å². The molecule has 0 spiro atoms. The number of carbonyl (C=O) groups excluding carboxylic acids is 2. The van der Waals surface area contributed by atoms with Gasteiger partial charge in [-0.3, -0.25) is 9.36 Å². The first-order valence-corrected chi connectivity index (χ1v) is 20.2. The van der Waals surface area contributed by atoms with Gasteiger partial charge in [-0.1, -0.05) is 65.9 Å². The average Bonchev–Trinajstić information content (AvgIpc) is 3.45. The monoisotopic (exact) mass is 942 g/mol. The van der Waals surface area contributed by atoms with Crippen molar-refractivity contribution in [3.63, 3.8) is 0 Å². The number of thioether (sulfide) groups is 1. The molecule has 0 fully saturated rings. The number of benzene rings is 4. The highest BCUT2D eigenvalue weighted by Gasteiger charge is 2.35. The van der Waals surface area contributed by atoms with Crippen LogP contribution in [0, 0.1) is 7.14 Å². The van der Waals surface area contributed by atoms with E-state index in [9.17, 15) is 14.4 Å². The Morgan fingerprint density at radius 3 is 2.18 bits per heavy atom. The molecule has 12 heteroatoms. The zero-order valence-corrected chi connectivity index (χ0v) is 33.8. The van der Waals surface area contributed by atoms with Gasteiger partial charge < -0.3 is 14.2 Å². The first-order chi connectivity index (χ1) is 24.7. The zero-order valence-electron chi connectivity index (χ0n) is 27.9. The quantitative estimate of drug-likeness (QED) is 0.0765. The Morgan fingerprint density at radius 1 is 0.902 bits per heavy atom. The van der Waals surface area contributed by atoms with Crippen LogP contribution in [-0.2, 0) is 20.9 Å². The minimum absolute atomic E-state index is 0.186. The number of nitrogens with zero attached hydrogens (tertiary/aromatic N) is 2. The van der Waals surface area contributed by atoms with Crippen LogP contribution in [0.2, 0.25) is 0 Å². The van der Waals surface area contributed by atoms with Gasteiger partial charge in [0.15, 0.2) is 4.80 Å². The molecule has 0 radical (unpaired) electrons. The van der Waals surface area contributed by atoms with E-state index < -0.39 is 12.0 Å². The van der Waals surface area contributed by atoms with Crippen LogP contribution in [0.15, 0.2) is 111 Å². The molecule has 6 rings (SSSR count). The summed E-state index contributed by atoms with van der Waals surface area (Å²) < 4.78 is 20.7. The number of hydrogen-bond donors (Lipinski definition) is 0. The van der Waals surface area contributed by atoms with Gasteiger partial charge in [0.25, 0.3) is 5.56 Å². The molecule has 0 unspecified atom stereocenters. The van der Waals surface area contributed by atoms with E-state index in [2.05, 4.69) is 45.2 Å². The van der Waals surface area contributed by atoms with Crippen molar-refractivity contribution < 1.29 is 23.8 Å². The van der Waals surface area contributed by atoms with Crippen LogP contribution in [-0.4, -0.2) is 36.0 Å². The Bertz CT molecular complexity index is 2280. The molecule has 8 nitrogen and oxygen atoms in total. The first-order valence-electron chi connectivity index (χ1n) is 16.0. The van der Waals surface area contributed by atoms with Gasteiger partial charge in [0.1, 0.15) is 12.4 Å². The van der Waals surface area contributed by atoms with Crippen LogP contribution in [0.3, 0.4) is 0 Å². The second-order valence-corrected chi connectivity index (χ2v) is 15.4. The molecule has 1 atom stereocenters. The topological polar surface area (TPSA) is 96.2 Å². The minimum atomic E-state index is -0.740. The second-order valence-electron chi connectivity index (χ2n) is 11.2. The molecule has 2 heterocycles. The fourth-order valence-electron chi connectivity index (χ4n) is 5.60. The van der Waals surface area contributed by atoms with Crippen molar-refractivity contribution in [1.29, 1.82) is 0 Å². The fraction of sp³-hybridized carbons (Fsp3) is 0.179. The van der Waals surface area contributed by atoms with Gasteiger partial charge in [-0.15, -0.1) is 11.8 Å². The first kappa shape index (κ1) is 37.0. The molecule has 0 aliphatic carbocycles. The minimum Gasteiger partial charge on any atom is -0.487 e. The van der Waals surface area contributed by atoms with Crippen molar-refractivity contribution in [3.8, 4) is 5.75 Å². The van der Waals surface area contributed by atoms with Gasteiger partial charge in [-0.2, -0.15) is 0 Å². The number of halogens is 2. The van der Waals surface area contributed by atoms with E-state index in [0.717, 1.165) is 40.0 Å². The highest BCUT2D eigenvalue weighted by molar-refractivity contribution is 14.1.